The van der Waals surface area contributed by atoms with Crippen molar-refractivity contribution >= 4 is 34.1 Å². The first-order valence-electron chi connectivity index (χ1n) is 12.2. The van der Waals surface area contributed by atoms with E-state index in [1.165, 1.54) is 0 Å². The van der Waals surface area contributed by atoms with Crippen LogP contribution in [0.1, 0.15) is 24.2 Å². The zero-order chi connectivity index (χ0) is 25.8. The second-order valence-electron chi connectivity index (χ2n) is 9.67. The molecule has 0 bridgehead atoms. The number of fused-ring (bicyclic) bond motifs is 2. The van der Waals surface area contributed by atoms with E-state index in [2.05, 4.69) is 10.6 Å². The van der Waals surface area contributed by atoms with Gasteiger partial charge in [-0.05, 0) is 44.6 Å². The summed E-state index contributed by atoms with van der Waals surface area (Å²) in [5.41, 5.74) is 1.45. The zero-order valence-corrected chi connectivity index (χ0v) is 21.2. The third-order valence-electron chi connectivity index (χ3n) is 6.52. The molecular formula is C28H34N4O4. The van der Waals surface area contributed by atoms with Crippen LogP contribution < -0.4 is 15.4 Å². The van der Waals surface area contributed by atoms with Gasteiger partial charge in [-0.3, -0.25) is 4.79 Å². The Morgan fingerprint density at radius 2 is 1.75 bits per heavy atom. The summed E-state index contributed by atoms with van der Waals surface area (Å²) < 4.78 is 6.45. The molecule has 3 aromatic rings. The Bertz CT molecular complexity index is 1240. The number of para-hydroxylation sites is 1. The van der Waals surface area contributed by atoms with Crippen LogP contribution in [0.3, 0.4) is 0 Å². The van der Waals surface area contributed by atoms with Crippen molar-refractivity contribution in [2.24, 2.45) is 5.92 Å². The van der Waals surface area contributed by atoms with Crippen LogP contribution in [0.15, 0.2) is 60.7 Å². The van der Waals surface area contributed by atoms with Crippen LogP contribution in [0.25, 0.3) is 10.8 Å². The first-order valence-corrected chi connectivity index (χ1v) is 12.2. The van der Waals surface area contributed by atoms with Gasteiger partial charge in [-0.15, -0.1) is 0 Å². The highest BCUT2D eigenvalue weighted by atomic mass is 16.5. The molecule has 190 valence electrons. The van der Waals surface area contributed by atoms with Crippen LogP contribution in [0, 0.1) is 5.92 Å². The minimum atomic E-state index is -0.435. The second kappa shape index (κ2) is 11.0. The van der Waals surface area contributed by atoms with Gasteiger partial charge in [0.1, 0.15) is 6.10 Å². The highest BCUT2D eigenvalue weighted by Crippen LogP contribution is 2.35. The third kappa shape index (κ3) is 5.45. The molecule has 1 aliphatic rings. The number of hydrogen-bond donors (Lipinski definition) is 3. The molecule has 0 unspecified atom stereocenters. The van der Waals surface area contributed by atoms with Crippen molar-refractivity contribution in [1.82, 2.24) is 9.80 Å². The summed E-state index contributed by atoms with van der Waals surface area (Å²) in [7, 11) is 3.94. The molecule has 0 radical (unpaired) electrons. The first-order chi connectivity index (χ1) is 17.3. The third-order valence-corrected chi connectivity index (χ3v) is 6.52. The van der Waals surface area contributed by atoms with E-state index in [1.807, 2.05) is 75.3 Å². The van der Waals surface area contributed by atoms with Gasteiger partial charge >= 0.3 is 6.03 Å². The van der Waals surface area contributed by atoms with Crippen molar-refractivity contribution in [2.45, 2.75) is 26.0 Å². The largest absolute Gasteiger partial charge is 0.486 e. The van der Waals surface area contributed by atoms with Crippen LogP contribution in [0.2, 0.25) is 0 Å². The maximum Gasteiger partial charge on any atom is 0.323 e. The van der Waals surface area contributed by atoms with E-state index >= 15 is 0 Å². The van der Waals surface area contributed by atoms with Gasteiger partial charge in [0, 0.05) is 24.4 Å². The van der Waals surface area contributed by atoms with Crippen LogP contribution in [-0.4, -0.2) is 72.8 Å². The number of likely N-dealkylation sites (N-methyl/N-ethyl adjacent to an activating group) is 1. The maximum absolute atomic E-state index is 13.5. The molecule has 3 atom stereocenters. The van der Waals surface area contributed by atoms with Crippen molar-refractivity contribution in [1.29, 1.82) is 0 Å². The molecular weight excluding hydrogens is 456 g/mol. The SMILES string of the molecule is C[C@H]1CN([C@@H](C)CO)C(=O)c2cccc(NC(=O)Nc3cccc4ccccc34)c2O[C@H]1CN(C)C. The van der Waals surface area contributed by atoms with E-state index in [-0.39, 0.29) is 30.6 Å². The molecule has 3 aromatic carbocycles. The Balaban J connectivity index is 1.68. The molecule has 0 saturated heterocycles. The van der Waals surface area contributed by atoms with E-state index in [0.717, 1.165) is 10.8 Å². The number of nitrogens with one attached hydrogen (secondary N) is 2. The number of aliphatic hydroxyl groups excluding tert-OH is 1. The van der Waals surface area contributed by atoms with Gasteiger partial charge in [-0.2, -0.15) is 0 Å². The topological polar surface area (TPSA) is 94.1 Å². The predicted molar refractivity (Wildman–Crippen MR) is 143 cm³/mol. The average Bonchev–Trinajstić information content (AvgIpc) is 2.86. The van der Waals surface area contributed by atoms with Gasteiger partial charge in [0.25, 0.3) is 5.91 Å². The summed E-state index contributed by atoms with van der Waals surface area (Å²) in [5, 5.41) is 17.6. The molecule has 3 amide bonds. The summed E-state index contributed by atoms with van der Waals surface area (Å²) in [6.45, 7) is 4.81. The van der Waals surface area contributed by atoms with E-state index in [4.69, 9.17) is 4.74 Å². The quantitative estimate of drug-likeness (QED) is 0.480. The van der Waals surface area contributed by atoms with Crippen molar-refractivity contribution in [2.75, 3.05) is 44.4 Å². The van der Waals surface area contributed by atoms with Gasteiger partial charge in [0.05, 0.1) is 29.6 Å². The summed E-state index contributed by atoms with van der Waals surface area (Å²) in [6.07, 6.45) is -0.232. The number of ether oxygens (including phenoxy) is 1. The summed E-state index contributed by atoms with van der Waals surface area (Å²) >= 11 is 0. The molecule has 3 N–H and O–H groups in total. The number of aliphatic hydroxyl groups is 1. The van der Waals surface area contributed by atoms with Crippen LogP contribution in [-0.2, 0) is 0 Å². The van der Waals surface area contributed by atoms with Gasteiger partial charge in [0.2, 0.25) is 0 Å². The van der Waals surface area contributed by atoms with Crippen molar-refractivity contribution < 1.29 is 19.4 Å². The van der Waals surface area contributed by atoms with E-state index in [1.54, 1.807) is 23.1 Å². The molecule has 0 aromatic heterocycles. The van der Waals surface area contributed by atoms with Gasteiger partial charge in [-0.1, -0.05) is 49.4 Å². The zero-order valence-electron chi connectivity index (χ0n) is 21.2. The molecule has 0 saturated carbocycles. The minimum Gasteiger partial charge on any atom is -0.486 e. The fraction of sp³-hybridized carbons (Fsp3) is 0.357. The number of benzene rings is 3. The van der Waals surface area contributed by atoms with Crippen molar-refractivity contribution in [3.8, 4) is 5.75 Å². The summed E-state index contributed by atoms with van der Waals surface area (Å²) in [5.74, 6) is 0.0972. The molecule has 8 heteroatoms. The Morgan fingerprint density at radius 1 is 1.08 bits per heavy atom. The first kappa shape index (κ1) is 25.5. The van der Waals surface area contributed by atoms with E-state index in [0.29, 0.717) is 35.8 Å². The van der Waals surface area contributed by atoms with Crippen LogP contribution in [0.4, 0.5) is 16.2 Å². The van der Waals surface area contributed by atoms with Gasteiger partial charge < -0.3 is 30.3 Å². The standard InChI is InChI=1S/C28H34N4O4/c1-18-15-32(19(2)17-33)27(34)22-12-8-14-24(26(22)36-25(18)16-31(3)4)30-28(35)29-23-13-7-10-20-9-5-6-11-21(20)23/h5-14,18-19,25,33H,15-17H2,1-4H3,(H2,29,30,35)/t18-,19-,25-/m0/s1. The fourth-order valence-electron chi connectivity index (χ4n) is 4.53. The summed E-state index contributed by atoms with van der Waals surface area (Å²) in [6, 6.07) is 17.9. The number of hydrogen-bond acceptors (Lipinski definition) is 5. The number of carbonyl (C=O) groups excluding carboxylic acids is 2. The molecule has 4 rings (SSSR count). The highest BCUT2D eigenvalue weighted by Gasteiger charge is 2.34. The second-order valence-corrected chi connectivity index (χ2v) is 9.67. The monoisotopic (exact) mass is 490 g/mol. The Morgan fingerprint density at radius 3 is 2.50 bits per heavy atom. The van der Waals surface area contributed by atoms with Gasteiger partial charge in [0.15, 0.2) is 5.75 Å². The molecule has 1 heterocycles. The molecule has 0 fully saturated rings. The van der Waals surface area contributed by atoms with E-state index in [9.17, 15) is 14.7 Å². The van der Waals surface area contributed by atoms with Crippen molar-refractivity contribution in [3.05, 3.63) is 66.2 Å². The summed E-state index contributed by atoms with van der Waals surface area (Å²) in [4.78, 5) is 30.3. The number of anilines is 2. The molecule has 0 spiro atoms. The van der Waals surface area contributed by atoms with Crippen molar-refractivity contribution in [3.63, 3.8) is 0 Å². The van der Waals surface area contributed by atoms with E-state index < -0.39 is 6.03 Å². The average molecular weight is 491 g/mol. The Labute approximate surface area is 211 Å². The lowest BCUT2D eigenvalue weighted by Gasteiger charge is -2.38. The molecule has 36 heavy (non-hydrogen) atoms. The van der Waals surface area contributed by atoms with Crippen LogP contribution in [0.5, 0.6) is 5.75 Å². The number of urea groups is 1. The van der Waals surface area contributed by atoms with Gasteiger partial charge in [-0.25, -0.2) is 4.79 Å². The number of nitrogens with zero attached hydrogens (tertiary/aromatic N) is 2. The molecule has 0 aliphatic carbocycles. The predicted octanol–water partition coefficient (Wildman–Crippen LogP) is 4.27. The van der Waals surface area contributed by atoms with Crippen LogP contribution >= 0.6 is 0 Å². The Hall–Kier alpha value is -3.62. The smallest absolute Gasteiger partial charge is 0.323 e. The fourth-order valence-corrected chi connectivity index (χ4v) is 4.53. The molecule has 8 nitrogen and oxygen atoms in total. The Kier molecular flexibility index (Phi) is 7.76. The highest BCUT2D eigenvalue weighted by molar-refractivity contribution is 6.08. The number of carbonyl (C=O) groups is 2. The lowest BCUT2D eigenvalue weighted by atomic mass is 9.99. The normalized spacial score (nSPS) is 18.7. The number of rotatable bonds is 6. The lowest BCUT2D eigenvalue weighted by molar-refractivity contribution is 0.0365. The number of amides is 3. The molecule has 1 aliphatic heterocycles. The lowest BCUT2D eigenvalue weighted by Crippen LogP contribution is -2.49. The minimum absolute atomic E-state index is 0.00364. The maximum atomic E-state index is 13.5.